The summed E-state index contributed by atoms with van der Waals surface area (Å²) >= 11 is 7.31. The first-order valence-corrected chi connectivity index (χ1v) is 8.71. The fraction of sp³-hybridized carbons (Fsp3) is 0.333. The summed E-state index contributed by atoms with van der Waals surface area (Å²) in [5.74, 6) is 0.383. The maximum atomic E-state index is 12.0. The van der Waals surface area contributed by atoms with Crippen molar-refractivity contribution in [2.45, 2.75) is 19.0 Å². The number of nitrogens with one attached hydrogen (secondary N) is 1. The van der Waals surface area contributed by atoms with Crippen LogP contribution in [0.3, 0.4) is 0 Å². The van der Waals surface area contributed by atoms with Gasteiger partial charge >= 0.3 is 0 Å². The van der Waals surface area contributed by atoms with Crippen molar-refractivity contribution in [1.82, 2.24) is 25.1 Å². The monoisotopic (exact) mass is 349 g/mol. The molecule has 0 spiro atoms. The van der Waals surface area contributed by atoms with Crippen molar-refractivity contribution in [3.05, 3.63) is 23.2 Å². The Morgan fingerprint density at radius 3 is 2.83 bits per heavy atom. The molecule has 3 aromatic rings. The second-order valence-corrected chi connectivity index (χ2v) is 6.34. The number of amides is 1. The van der Waals surface area contributed by atoms with E-state index in [4.69, 9.17) is 11.6 Å². The average molecular weight is 350 g/mol. The molecule has 0 aliphatic heterocycles. The zero-order valence-electron chi connectivity index (χ0n) is 12.8. The van der Waals surface area contributed by atoms with Crippen molar-refractivity contribution in [2.75, 3.05) is 18.8 Å². The molecule has 0 saturated carbocycles. The Bertz CT molecular complexity index is 862. The minimum absolute atomic E-state index is 0.0760. The van der Waals surface area contributed by atoms with Crippen LogP contribution in [0.25, 0.3) is 22.1 Å². The highest BCUT2D eigenvalue weighted by molar-refractivity contribution is 7.99. The highest BCUT2D eigenvalue weighted by atomic mass is 35.5. The zero-order chi connectivity index (χ0) is 16.4. The molecule has 0 saturated heterocycles. The van der Waals surface area contributed by atoms with E-state index in [1.807, 2.05) is 32.0 Å². The van der Waals surface area contributed by atoms with E-state index in [2.05, 4.69) is 20.2 Å². The summed E-state index contributed by atoms with van der Waals surface area (Å²) in [6, 6.07) is 5.53. The van der Waals surface area contributed by atoms with E-state index in [1.165, 1.54) is 11.8 Å². The number of benzene rings is 1. The van der Waals surface area contributed by atoms with Gasteiger partial charge in [-0.25, -0.2) is 4.98 Å². The van der Waals surface area contributed by atoms with Crippen LogP contribution in [0.1, 0.15) is 13.8 Å². The Morgan fingerprint density at radius 2 is 2.09 bits per heavy atom. The van der Waals surface area contributed by atoms with Crippen molar-refractivity contribution in [2.24, 2.45) is 0 Å². The Morgan fingerprint density at radius 1 is 1.30 bits per heavy atom. The SMILES string of the molecule is CCN(CC)C(=O)CSc1nnc2c(n1)[nH]c1ccc(Cl)cc12. The van der Waals surface area contributed by atoms with E-state index in [1.54, 1.807) is 4.90 Å². The third-order valence-corrected chi connectivity index (χ3v) is 4.66. The molecule has 3 rings (SSSR count). The number of rotatable bonds is 5. The fourth-order valence-corrected chi connectivity index (χ4v) is 3.25. The molecular formula is C15H16ClN5OS. The van der Waals surface area contributed by atoms with E-state index in [-0.39, 0.29) is 5.91 Å². The minimum Gasteiger partial charge on any atom is -0.343 e. The van der Waals surface area contributed by atoms with Gasteiger partial charge in [-0.3, -0.25) is 4.79 Å². The van der Waals surface area contributed by atoms with E-state index >= 15 is 0 Å². The molecule has 2 aromatic heterocycles. The lowest BCUT2D eigenvalue weighted by atomic mass is 10.2. The molecule has 0 atom stereocenters. The van der Waals surface area contributed by atoms with E-state index in [0.717, 1.165) is 10.9 Å². The molecule has 0 radical (unpaired) electrons. The molecule has 0 bridgehead atoms. The first kappa shape index (κ1) is 16.0. The number of fused-ring (bicyclic) bond motifs is 3. The van der Waals surface area contributed by atoms with Gasteiger partial charge in [0.05, 0.1) is 5.75 Å². The highest BCUT2D eigenvalue weighted by Gasteiger charge is 2.13. The van der Waals surface area contributed by atoms with Crippen LogP contribution in [0.5, 0.6) is 0 Å². The number of carbonyl (C=O) groups excluding carboxylic acids is 1. The van der Waals surface area contributed by atoms with Gasteiger partial charge in [0.25, 0.3) is 0 Å². The molecule has 120 valence electrons. The largest absolute Gasteiger partial charge is 0.343 e. The minimum atomic E-state index is 0.0760. The van der Waals surface area contributed by atoms with Crippen LogP contribution in [0.2, 0.25) is 5.02 Å². The van der Waals surface area contributed by atoms with Gasteiger partial charge in [0.2, 0.25) is 11.1 Å². The van der Waals surface area contributed by atoms with Crippen molar-refractivity contribution in [3.8, 4) is 0 Å². The second kappa shape index (κ2) is 6.72. The fourth-order valence-electron chi connectivity index (χ4n) is 2.38. The lowest BCUT2D eigenvalue weighted by molar-refractivity contribution is -0.127. The van der Waals surface area contributed by atoms with E-state index in [9.17, 15) is 4.79 Å². The summed E-state index contributed by atoms with van der Waals surface area (Å²) in [5, 5.41) is 10.4. The summed E-state index contributed by atoms with van der Waals surface area (Å²) in [4.78, 5) is 21.5. The van der Waals surface area contributed by atoms with Gasteiger partial charge in [0, 0.05) is 29.0 Å². The Kier molecular flexibility index (Phi) is 4.68. The smallest absolute Gasteiger partial charge is 0.233 e. The Labute approximate surface area is 142 Å². The summed E-state index contributed by atoms with van der Waals surface area (Å²) < 4.78 is 0. The molecule has 1 N–H and O–H groups in total. The molecule has 2 heterocycles. The molecule has 8 heteroatoms. The van der Waals surface area contributed by atoms with Gasteiger partial charge in [0.1, 0.15) is 5.52 Å². The summed E-state index contributed by atoms with van der Waals surface area (Å²) in [6.45, 7) is 5.34. The van der Waals surface area contributed by atoms with Crippen molar-refractivity contribution < 1.29 is 4.79 Å². The molecule has 0 aliphatic carbocycles. The standard InChI is InChI=1S/C15H16ClN5OS/c1-3-21(4-2)12(22)8-23-15-18-14-13(19-20-15)10-7-9(16)5-6-11(10)17-14/h5-7H,3-4,8H2,1-2H3,(H,17,18,20). The first-order chi connectivity index (χ1) is 11.1. The van der Waals surface area contributed by atoms with Gasteiger partial charge in [-0.15, -0.1) is 10.2 Å². The number of halogens is 1. The zero-order valence-corrected chi connectivity index (χ0v) is 14.4. The molecule has 0 unspecified atom stereocenters. The molecule has 6 nitrogen and oxygen atoms in total. The maximum absolute atomic E-state index is 12.0. The van der Waals surface area contributed by atoms with Gasteiger partial charge in [0.15, 0.2) is 5.65 Å². The van der Waals surface area contributed by atoms with Crippen LogP contribution in [0.4, 0.5) is 0 Å². The highest BCUT2D eigenvalue weighted by Crippen LogP contribution is 2.26. The summed E-state index contributed by atoms with van der Waals surface area (Å²) in [7, 11) is 0. The number of thioether (sulfide) groups is 1. The van der Waals surface area contributed by atoms with Crippen molar-refractivity contribution in [1.29, 1.82) is 0 Å². The van der Waals surface area contributed by atoms with E-state index in [0.29, 0.717) is 40.2 Å². The topological polar surface area (TPSA) is 74.8 Å². The number of hydrogen-bond donors (Lipinski definition) is 1. The third kappa shape index (κ3) is 3.25. The third-order valence-electron chi connectivity index (χ3n) is 3.60. The number of hydrogen-bond acceptors (Lipinski definition) is 5. The maximum Gasteiger partial charge on any atom is 0.233 e. The van der Waals surface area contributed by atoms with Crippen LogP contribution in [-0.4, -0.2) is 49.8 Å². The van der Waals surface area contributed by atoms with Crippen molar-refractivity contribution >= 4 is 51.3 Å². The van der Waals surface area contributed by atoms with Crippen LogP contribution >= 0.6 is 23.4 Å². The molecule has 1 amide bonds. The second-order valence-electron chi connectivity index (χ2n) is 4.96. The van der Waals surface area contributed by atoms with Crippen LogP contribution in [-0.2, 0) is 4.79 Å². The first-order valence-electron chi connectivity index (χ1n) is 7.34. The Hall–Kier alpha value is -1.86. The van der Waals surface area contributed by atoms with Crippen LogP contribution in [0, 0.1) is 0 Å². The van der Waals surface area contributed by atoms with Gasteiger partial charge < -0.3 is 9.88 Å². The Balaban J connectivity index is 1.83. The molecule has 0 aliphatic rings. The predicted octanol–water partition coefficient (Wildman–Crippen LogP) is 3.12. The van der Waals surface area contributed by atoms with Gasteiger partial charge in [-0.1, -0.05) is 23.4 Å². The van der Waals surface area contributed by atoms with Crippen molar-refractivity contribution in [3.63, 3.8) is 0 Å². The lowest BCUT2D eigenvalue weighted by Crippen LogP contribution is -2.31. The lowest BCUT2D eigenvalue weighted by Gasteiger charge is -2.17. The number of aromatic amines is 1. The molecule has 23 heavy (non-hydrogen) atoms. The number of carbonyl (C=O) groups is 1. The molecular weight excluding hydrogens is 334 g/mol. The quantitative estimate of drug-likeness (QED) is 0.716. The molecule has 0 fully saturated rings. The van der Waals surface area contributed by atoms with E-state index < -0.39 is 0 Å². The number of H-pyrrole nitrogens is 1. The van der Waals surface area contributed by atoms with Crippen LogP contribution < -0.4 is 0 Å². The van der Waals surface area contributed by atoms with Gasteiger partial charge in [-0.05, 0) is 32.0 Å². The average Bonchev–Trinajstić information content (AvgIpc) is 2.91. The summed E-state index contributed by atoms with van der Waals surface area (Å²) in [6.07, 6.45) is 0. The number of nitrogens with zero attached hydrogens (tertiary/aromatic N) is 4. The van der Waals surface area contributed by atoms with Gasteiger partial charge in [-0.2, -0.15) is 0 Å². The predicted molar refractivity (Wildman–Crippen MR) is 92.9 cm³/mol. The summed E-state index contributed by atoms with van der Waals surface area (Å²) in [5.41, 5.74) is 2.24. The van der Waals surface area contributed by atoms with Crippen LogP contribution in [0.15, 0.2) is 23.4 Å². The molecule has 1 aromatic carbocycles. The normalized spacial score (nSPS) is 11.3. The number of aromatic nitrogens is 4.